The standard InChI is InChI=1S/C17H21N7O/c1-24-15-13(9-20-24)14(21-11-3-5-12(25-2)6-4-11)22-16(23-15)19-10-17(18)7-8-17/h3-6,9H,7-8,10,18H2,1-2H3,(H2,19,21,22,23). The van der Waals surface area contributed by atoms with Gasteiger partial charge in [0.05, 0.1) is 18.7 Å². The lowest BCUT2D eigenvalue weighted by molar-refractivity contribution is 0.415. The Morgan fingerprint density at radius 3 is 2.68 bits per heavy atom. The predicted molar refractivity (Wildman–Crippen MR) is 97.2 cm³/mol. The topological polar surface area (TPSA) is 103 Å². The van der Waals surface area contributed by atoms with Crippen LogP contribution in [0.15, 0.2) is 30.5 Å². The number of anilines is 3. The van der Waals surface area contributed by atoms with E-state index in [1.807, 2.05) is 31.3 Å². The van der Waals surface area contributed by atoms with Gasteiger partial charge >= 0.3 is 0 Å². The number of nitrogens with two attached hydrogens (primary N) is 1. The van der Waals surface area contributed by atoms with E-state index in [0.717, 1.165) is 35.3 Å². The monoisotopic (exact) mass is 339 g/mol. The zero-order chi connectivity index (χ0) is 17.4. The highest BCUT2D eigenvalue weighted by Gasteiger charge is 2.38. The number of methoxy groups -OCH3 is 1. The Balaban J connectivity index is 1.65. The summed E-state index contributed by atoms with van der Waals surface area (Å²) in [6, 6.07) is 7.67. The Morgan fingerprint density at radius 2 is 2.00 bits per heavy atom. The second-order valence-electron chi connectivity index (χ2n) is 6.47. The van der Waals surface area contributed by atoms with Crippen molar-refractivity contribution in [1.82, 2.24) is 19.7 Å². The SMILES string of the molecule is COc1ccc(Nc2nc(NCC3(N)CC3)nc3c2cnn3C)cc1. The molecular weight excluding hydrogens is 318 g/mol. The molecule has 1 aromatic carbocycles. The van der Waals surface area contributed by atoms with Crippen LogP contribution in [0, 0.1) is 0 Å². The maximum atomic E-state index is 6.14. The molecule has 25 heavy (non-hydrogen) atoms. The van der Waals surface area contributed by atoms with E-state index in [4.69, 9.17) is 10.5 Å². The summed E-state index contributed by atoms with van der Waals surface area (Å²) in [7, 11) is 3.51. The Morgan fingerprint density at radius 1 is 1.24 bits per heavy atom. The molecule has 1 fully saturated rings. The van der Waals surface area contributed by atoms with Crippen LogP contribution >= 0.6 is 0 Å². The summed E-state index contributed by atoms with van der Waals surface area (Å²) in [4.78, 5) is 9.17. The molecule has 1 aliphatic rings. The fourth-order valence-electron chi connectivity index (χ4n) is 2.60. The third-order valence-corrected chi connectivity index (χ3v) is 4.44. The number of nitrogens with zero attached hydrogens (tertiary/aromatic N) is 4. The van der Waals surface area contributed by atoms with E-state index in [2.05, 4.69) is 25.7 Å². The second-order valence-corrected chi connectivity index (χ2v) is 6.47. The van der Waals surface area contributed by atoms with Gasteiger partial charge in [-0.1, -0.05) is 0 Å². The summed E-state index contributed by atoms with van der Waals surface area (Å²) in [6.45, 7) is 0.665. The molecule has 4 rings (SSSR count). The van der Waals surface area contributed by atoms with Gasteiger partial charge in [0.25, 0.3) is 0 Å². The number of benzene rings is 1. The molecule has 1 aliphatic carbocycles. The molecule has 2 aromatic heterocycles. The first-order valence-corrected chi connectivity index (χ1v) is 8.20. The van der Waals surface area contributed by atoms with Gasteiger partial charge in [0.2, 0.25) is 5.95 Å². The van der Waals surface area contributed by atoms with Gasteiger partial charge in [-0.15, -0.1) is 0 Å². The number of fused-ring (bicyclic) bond motifs is 1. The van der Waals surface area contributed by atoms with Crippen LogP contribution in [0.5, 0.6) is 5.75 Å². The molecule has 0 radical (unpaired) electrons. The first kappa shape index (κ1) is 15.6. The van der Waals surface area contributed by atoms with Gasteiger partial charge in [0, 0.05) is 24.8 Å². The number of nitrogens with one attached hydrogen (secondary N) is 2. The van der Waals surface area contributed by atoms with Crippen molar-refractivity contribution < 1.29 is 4.74 Å². The first-order chi connectivity index (χ1) is 12.1. The van der Waals surface area contributed by atoms with Crippen molar-refractivity contribution >= 4 is 28.5 Å². The third-order valence-electron chi connectivity index (χ3n) is 4.44. The smallest absolute Gasteiger partial charge is 0.226 e. The van der Waals surface area contributed by atoms with Crippen LogP contribution in [0.25, 0.3) is 11.0 Å². The lowest BCUT2D eigenvalue weighted by Gasteiger charge is -2.13. The van der Waals surface area contributed by atoms with Gasteiger partial charge in [0.15, 0.2) is 5.65 Å². The van der Waals surface area contributed by atoms with Crippen LogP contribution in [0.2, 0.25) is 0 Å². The molecule has 0 spiro atoms. The third kappa shape index (κ3) is 3.20. The molecule has 8 nitrogen and oxygen atoms in total. The van der Waals surface area contributed by atoms with Gasteiger partial charge in [-0.05, 0) is 37.1 Å². The predicted octanol–water partition coefficient (Wildman–Crippen LogP) is 2.02. The lowest BCUT2D eigenvalue weighted by atomic mass is 10.3. The summed E-state index contributed by atoms with van der Waals surface area (Å²) in [5, 5.41) is 11.7. The Bertz CT molecular complexity index is 899. The van der Waals surface area contributed by atoms with Gasteiger partial charge in [-0.3, -0.25) is 4.68 Å². The normalized spacial score (nSPS) is 15.2. The summed E-state index contributed by atoms with van der Waals surface area (Å²) in [5.41, 5.74) is 7.70. The molecule has 0 unspecified atom stereocenters. The summed E-state index contributed by atoms with van der Waals surface area (Å²) >= 11 is 0. The molecule has 0 bridgehead atoms. The van der Waals surface area contributed by atoms with Crippen molar-refractivity contribution in [2.45, 2.75) is 18.4 Å². The molecule has 8 heteroatoms. The van der Waals surface area contributed by atoms with E-state index in [1.165, 1.54) is 0 Å². The average molecular weight is 339 g/mol. The summed E-state index contributed by atoms with van der Waals surface area (Å²) in [6.07, 6.45) is 3.83. The minimum absolute atomic E-state index is 0.117. The van der Waals surface area contributed by atoms with Gasteiger partial charge in [-0.2, -0.15) is 15.1 Å². The average Bonchev–Trinajstić information content (AvgIpc) is 3.25. The van der Waals surface area contributed by atoms with Crippen LogP contribution in [-0.4, -0.2) is 38.9 Å². The molecule has 130 valence electrons. The fourth-order valence-corrected chi connectivity index (χ4v) is 2.60. The van der Waals surface area contributed by atoms with Crippen LogP contribution < -0.4 is 21.1 Å². The van der Waals surface area contributed by atoms with Crippen molar-refractivity contribution in [2.24, 2.45) is 12.8 Å². The number of aryl methyl sites for hydroxylation is 1. The summed E-state index contributed by atoms with van der Waals surface area (Å²) < 4.78 is 6.93. The molecule has 1 saturated carbocycles. The Hall–Kier alpha value is -2.87. The van der Waals surface area contributed by atoms with Crippen molar-refractivity contribution in [3.63, 3.8) is 0 Å². The zero-order valence-corrected chi connectivity index (χ0v) is 14.3. The number of hydrogen-bond donors (Lipinski definition) is 3. The number of ether oxygens (including phenoxy) is 1. The highest BCUT2D eigenvalue weighted by molar-refractivity contribution is 5.89. The van der Waals surface area contributed by atoms with Gasteiger partial charge in [0.1, 0.15) is 11.6 Å². The minimum atomic E-state index is -0.117. The molecular formula is C17H21N7O. The maximum absolute atomic E-state index is 6.14. The molecule has 0 atom stereocenters. The number of aromatic nitrogens is 4. The van der Waals surface area contributed by atoms with Crippen LogP contribution in [0.1, 0.15) is 12.8 Å². The molecule has 3 aromatic rings. The van der Waals surface area contributed by atoms with Gasteiger partial charge in [-0.25, -0.2) is 0 Å². The minimum Gasteiger partial charge on any atom is -0.497 e. The fraction of sp³-hybridized carbons (Fsp3) is 0.353. The van der Waals surface area contributed by atoms with E-state index in [0.29, 0.717) is 18.3 Å². The maximum Gasteiger partial charge on any atom is 0.226 e. The highest BCUT2D eigenvalue weighted by atomic mass is 16.5. The zero-order valence-electron chi connectivity index (χ0n) is 14.3. The quantitative estimate of drug-likeness (QED) is 0.631. The molecule has 0 saturated heterocycles. The lowest BCUT2D eigenvalue weighted by Crippen LogP contribution is -2.31. The van der Waals surface area contributed by atoms with Crippen molar-refractivity contribution in [1.29, 1.82) is 0 Å². The van der Waals surface area contributed by atoms with Crippen LogP contribution in [0.4, 0.5) is 17.5 Å². The van der Waals surface area contributed by atoms with Crippen molar-refractivity contribution in [2.75, 3.05) is 24.3 Å². The van der Waals surface area contributed by atoms with Crippen molar-refractivity contribution in [3.8, 4) is 5.75 Å². The van der Waals surface area contributed by atoms with E-state index in [9.17, 15) is 0 Å². The molecule has 0 aliphatic heterocycles. The van der Waals surface area contributed by atoms with E-state index in [1.54, 1.807) is 18.0 Å². The second kappa shape index (κ2) is 5.89. The first-order valence-electron chi connectivity index (χ1n) is 8.20. The van der Waals surface area contributed by atoms with E-state index in [-0.39, 0.29) is 5.54 Å². The molecule has 2 heterocycles. The van der Waals surface area contributed by atoms with Crippen LogP contribution in [0.3, 0.4) is 0 Å². The highest BCUT2D eigenvalue weighted by Crippen LogP contribution is 2.32. The number of hydrogen-bond acceptors (Lipinski definition) is 7. The number of rotatable bonds is 6. The Labute approximate surface area is 145 Å². The van der Waals surface area contributed by atoms with E-state index < -0.39 is 0 Å². The summed E-state index contributed by atoms with van der Waals surface area (Å²) in [5.74, 6) is 2.05. The van der Waals surface area contributed by atoms with Gasteiger partial charge < -0.3 is 21.1 Å². The molecule has 4 N–H and O–H groups in total. The molecule has 0 amide bonds. The van der Waals surface area contributed by atoms with Crippen molar-refractivity contribution in [3.05, 3.63) is 30.5 Å². The van der Waals surface area contributed by atoms with Crippen LogP contribution in [-0.2, 0) is 7.05 Å². The Kier molecular flexibility index (Phi) is 3.69. The van der Waals surface area contributed by atoms with E-state index >= 15 is 0 Å². The largest absolute Gasteiger partial charge is 0.497 e.